The molecule has 0 amide bonds. The van der Waals surface area contributed by atoms with Crippen molar-refractivity contribution >= 4 is 27.1 Å². The van der Waals surface area contributed by atoms with E-state index in [0.717, 1.165) is 34.3 Å². The summed E-state index contributed by atoms with van der Waals surface area (Å²) in [6, 6.07) is 12.5. The van der Waals surface area contributed by atoms with E-state index in [1.54, 1.807) is 17.5 Å². The Morgan fingerprint density at radius 1 is 1.09 bits per heavy atom. The third kappa shape index (κ3) is 2.03. The Balaban J connectivity index is 1.54. The van der Waals surface area contributed by atoms with Crippen LogP contribution in [0.3, 0.4) is 0 Å². The van der Waals surface area contributed by atoms with Crippen molar-refractivity contribution in [3.05, 3.63) is 60.6 Å². The van der Waals surface area contributed by atoms with Crippen LogP contribution in [0.5, 0.6) is 0 Å². The number of para-hydroxylation sites is 1. The van der Waals surface area contributed by atoms with Crippen molar-refractivity contribution in [3.8, 4) is 11.3 Å². The quantitative estimate of drug-likeness (QED) is 0.567. The van der Waals surface area contributed by atoms with Crippen LogP contribution in [-0.4, -0.2) is 26.1 Å². The van der Waals surface area contributed by atoms with E-state index in [0.29, 0.717) is 0 Å². The van der Waals surface area contributed by atoms with Gasteiger partial charge in [-0.25, -0.2) is 9.50 Å². The average Bonchev–Trinajstić information content (AvgIpc) is 3.27. The molecule has 4 aromatic rings. The highest BCUT2D eigenvalue weighted by Crippen LogP contribution is 2.36. The van der Waals surface area contributed by atoms with E-state index in [9.17, 15) is 0 Å². The summed E-state index contributed by atoms with van der Waals surface area (Å²) >= 11 is 1.62. The summed E-state index contributed by atoms with van der Waals surface area (Å²) in [5.74, 6) is 0. The minimum atomic E-state index is 0.906. The first kappa shape index (κ1) is 12.8. The molecule has 0 spiro atoms. The highest BCUT2D eigenvalue weighted by atomic mass is 32.1. The Morgan fingerprint density at radius 3 is 2.91 bits per heavy atom. The van der Waals surface area contributed by atoms with Gasteiger partial charge in [0.1, 0.15) is 0 Å². The predicted octanol–water partition coefficient (Wildman–Crippen LogP) is 3.55. The molecule has 0 bridgehead atoms. The van der Waals surface area contributed by atoms with Crippen LogP contribution in [0.4, 0.5) is 10.8 Å². The fourth-order valence-electron chi connectivity index (χ4n) is 2.99. The molecule has 0 saturated heterocycles. The monoisotopic (exact) mass is 319 g/mol. The molecule has 1 aliphatic heterocycles. The summed E-state index contributed by atoms with van der Waals surface area (Å²) in [7, 11) is 0. The SMILES string of the molecule is c1cncc(-c2cn3nc(N4CCc5ccccc54)sc3n2)c1. The van der Waals surface area contributed by atoms with Gasteiger partial charge in [-0.05, 0) is 30.2 Å². The lowest BCUT2D eigenvalue weighted by Crippen LogP contribution is -2.13. The molecular weight excluding hydrogens is 306 g/mol. The molecule has 0 unspecified atom stereocenters. The second-order valence-electron chi connectivity index (χ2n) is 5.51. The molecule has 5 nitrogen and oxygen atoms in total. The molecule has 0 fully saturated rings. The lowest BCUT2D eigenvalue weighted by molar-refractivity contribution is 0.920. The Morgan fingerprint density at radius 2 is 2.04 bits per heavy atom. The molecule has 5 rings (SSSR count). The van der Waals surface area contributed by atoms with Gasteiger partial charge in [-0.2, -0.15) is 0 Å². The van der Waals surface area contributed by atoms with E-state index >= 15 is 0 Å². The summed E-state index contributed by atoms with van der Waals surface area (Å²) < 4.78 is 1.86. The van der Waals surface area contributed by atoms with Crippen LogP contribution in [0.2, 0.25) is 0 Å². The predicted molar refractivity (Wildman–Crippen MR) is 91.2 cm³/mol. The average molecular weight is 319 g/mol. The molecule has 0 saturated carbocycles. The standard InChI is InChI=1S/C17H13N5S/c1-2-6-15-12(4-1)7-9-21(15)17-20-22-11-14(19-16(22)23-17)13-5-3-8-18-10-13/h1-6,8,10-11H,7,9H2. The van der Waals surface area contributed by atoms with Gasteiger partial charge in [-0.1, -0.05) is 29.5 Å². The third-order valence-corrected chi connectivity index (χ3v) is 5.05. The maximum Gasteiger partial charge on any atom is 0.214 e. The summed E-state index contributed by atoms with van der Waals surface area (Å²) in [4.78, 5) is 12.0. The normalized spacial score (nSPS) is 13.7. The molecule has 3 aromatic heterocycles. The Hall–Kier alpha value is -2.73. The van der Waals surface area contributed by atoms with Crippen molar-refractivity contribution in [2.24, 2.45) is 0 Å². The van der Waals surface area contributed by atoms with Gasteiger partial charge in [-0.15, -0.1) is 5.10 Å². The third-order valence-electron chi connectivity index (χ3n) is 4.11. The minimum Gasteiger partial charge on any atom is -0.316 e. The van der Waals surface area contributed by atoms with E-state index in [-0.39, 0.29) is 0 Å². The molecule has 0 radical (unpaired) electrons. The molecule has 1 aliphatic rings. The molecule has 23 heavy (non-hydrogen) atoms. The molecule has 1 aromatic carbocycles. The summed E-state index contributed by atoms with van der Waals surface area (Å²) in [5.41, 5.74) is 4.57. The van der Waals surface area contributed by atoms with E-state index < -0.39 is 0 Å². The first-order valence-electron chi connectivity index (χ1n) is 7.50. The van der Waals surface area contributed by atoms with E-state index in [4.69, 9.17) is 5.10 Å². The van der Waals surface area contributed by atoms with Crippen LogP contribution >= 0.6 is 11.3 Å². The fourth-order valence-corrected chi connectivity index (χ4v) is 3.91. The van der Waals surface area contributed by atoms with Crippen LogP contribution in [0.1, 0.15) is 5.56 Å². The molecule has 0 N–H and O–H groups in total. The van der Waals surface area contributed by atoms with Gasteiger partial charge >= 0.3 is 0 Å². The van der Waals surface area contributed by atoms with Gasteiger partial charge in [0.25, 0.3) is 0 Å². The van der Waals surface area contributed by atoms with Gasteiger partial charge in [-0.3, -0.25) is 4.98 Å². The number of imidazole rings is 1. The minimum absolute atomic E-state index is 0.906. The second-order valence-corrected chi connectivity index (χ2v) is 6.44. The second kappa shape index (κ2) is 4.89. The summed E-state index contributed by atoms with van der Waals surface area (Å²) in [5, 5.41) is 5.71. The number of hydrogen-bond acceptors (Lipinski definition) is 5. The number of anilines is 2. The summed E-state index contributed by atoms with van der Waals surface area (Å²) in [6.45, 7) is 0.978. The van der Waals surface area contributed by atoms with Crippen LogP contribution in [0.25, 0.3) is 16.2 Å². The van der Waals surface area contributed by atoms with Gasteiger partial charge in [0.2, 0.25) is 10.1 Å². The number of hydrogen-bond donors (Lipinski definition) is 0. The summed E-state index contributed by atoms with van der Waals surface area (Å²) in [6.07, 6.45) is 6.63. The molecule has 4 heterocycles. The molecule has 0 atom stereocenters. The lowest BCUT2D eigenvalue weighted by Gasteiger charge is -2.14. The molecule has 112 valence electrons. The highest BCUT2D eigenvalue weighted by Gasteiger charge is 2.23. The molecule has 0 aliphatic carbocycles. The zero-order chi connectivity index (χ0) is 15.2. The number of aromatic nitrogens is 4. The lowest BCUT2D eigenvalue weighted by atomic mass is 10.2. The van der Waals surface area contributed by atoms with Crippen molar-refractivity contribution in [3.63, 3.8) is 0 Å². The molecular formula is C17H13N5S. The first-order valence-corrected chi connectivity index (χ1v) is 8.32. The van der Waals surface area contributed by atoms with Gasteiger partial charge in [0.05, 0.1) is 11.9 Å². The zero-order valence-corrected chi connectivity index (χ0v) is 13.1. The maximum atomic E-state index is 4.72. The fraction of sp³-hybridized carbons (Fsp3) is 0.118. The van der Waals surface area contributed by atoms with E-state index in [2.05, 4.69) is 39.1 Å². The van der Waals surface area contributed by atoms with Crippen molar-refractivity contribution in [1.82, 2.24) is 19.6 Å². The number of benzene rings is 1. The van der Waals surface area contributed by atoms with Gasteiger partial charge in [0, 0.05) is 30.2 Å². The van der Waals surface area contributed by atoms with Crippen LogP contribution in [0.15, 0.2) is 55.0 Å². The Bertz CT molecular complexity index is 957. The van der Waals surface area contributed by atoms with Gasteiger partial charge in [0.15, 0.2) is 0 Å². The Labute approximate surface area is 136 Å². The van der Waals surface area contributed by atoms with E-state index in [1.807, 2.05) is 29.0 Å². The number of fused-ring (bicyclic) bond motifs is 2. The first-order chi connectivity index (χ1) is 11.4. The largest absolute Gasteiger partial charge is 0.316 e. The smallest absolute Gasteiger partial charge is 0.214 e. The topological polar surface area (TPSA) is 46.3 Å². The number of nitrogens with zero attached hydrogens (tertiary/aromatic N) is 5. The zero-order valence-electron chi connectivity index (χ0n) is 12.3. The van der Waals surface area contributed by atoms with Crippen molar-refractivity contribution in [2.45, 2.75) is 6.42 Å². The Kier molecular flexibility index (Phi) is 2.72. The van der Waals surface area contributed by atoms with Crippen LogP contribution in [-0.2, 0) is 6.42 Å². The molecule has 6 heteroatoms. The maximum absolute atomic E-state index is 4.72. The van der Waals surface area contributed by atoms with Gasteiger partial charge < -0.3 is 4.90 Å². The highest BCUT2D eigenvalue weighted by molar-refractivity contribution is 7.20. The van der Waals surface area contributed by atoms with E-state index in [1.165, 1.54) is 11.3 Å². The number of rotatable bonds is 2. The van der Waals surface area contributed by atoms with Crippen LogP contribution < -0.4 is 4.90 Å². The number of pyridine rings is 1. The van der Waals surface area contributed by atoms with Crippen LogP contribution in [0, 0.1) is 0 Å². The van der Waals surface area contributed by atoms with Crippen molar-refractivity contribution < 1.29 is 0 Å². The van der Waals surface area contributed by atoms with Crippen molar-refractivity contribution in [2.75, 3.05) is 11.4 Å². The van der Waals surface area contributed by atoms with Crippen molar-refractivity contribution in [1.29, 1.82) is 0 Å².